The maximum atomic E-state index is 13.8. The van der Waals surface area contributed by atoms with Crippen LogP contribution in [-0.2, 0) is 26.1 Å². The lowest BCUT2D eigenvalue weighted by Gasteiger charge is -2.31. The highest BCUT2D eigenvalue weighted by atomic mass is 32.2. The topological polar surface area (TPSA) is 111 Å². The number of aryl methyl sites for hydroxylation is 1. The summed E-state index contributed by atoms with van der Waals surface area (Å²) < 4.78 is 39.6. The predicted molar refractivity (Wildman–Crippen MR) is 148 cm³/mol. The van der Waals surface area contributed by atoms with Gasteiger partial charge in [-0.15, -0.1) is 0 Å². The maximum Gasteiger partial charge on any atom is 0.325 e. The van der Waals surface area contributed by atoms with Gasteiger partial charge in [-0.2, -0.15) is 0 Å². The second-order valence-electron chi connectivity index (χ2n) is 9.45. The third kappa shape index (κ3) is 9.10. The van der Waals surface area contributed by atoms with Crippen molar-refractivity contribution in [3.8, 4) is 5.75 Å². The molecule has 0 bridgehead atoms. The Morgan fingerprint density at radius 1 is 1.08 bits per heavy atom. The van der Waals surface area contributed by atoms with E-state index in [0.717, 1.165) is 22.4 Å². The van der Waals surface area contributed by atoms with Crippen LogP contribution in [0.3, 0.4) is 0 Å². The van der Waals surface area contributed by atoms with Gasteiger partial charge in [0.15, 0.2) is 0 Å². The zero-order valence-corrected chi connectivity index (χ0v) is 23.6. The minimum absolute atomic E-state index is 0.0857. The molecule has 2 aromatic carbocycles. The Kier molecular flexibility index (Phi) is 12.5. The second-order valence-corrected chi connectivity index (χ2v) is 11.6. The lowest BCUT2D eigenvalue weighted by atomic mass is 9.93. The van der Waals surface area contributed by atoms with E-state index in [4.69, 9.17) is 15.2 Å². The SMILES string of the molecule is CCCN(CCC)S(=O)(=O)C(C[C@H](C)c1cccc(C)c1)C(N)C(=O)OCNCc1cccc(OC)c1. The van der Waals surface area contributed by atoms with Crippen molar-refractivity contribution in [2.45, 2.75) is 70.7 Å². The van der Waals surface area contributed by atoms with Gasteiger partial charge in [0, 0.05) is 19.6 Å². The molecule has 37 heavy (non-hydrogen) atoms. The Hall–Kier alpha value is -2.46. The lowest BCUT2D eigenvalue weighted by molar-refractivity contribution is -0.146. The molecule has 0 aliphatic carbocycles. The summed E-state index contributed by atoms with van der Waals surface area (Å²) in [5, 5.41) is 1.93. The van der Waals surface area contributed by atoms with E-state index < -0.39 is 27.3 Å². The molecule has 0 spiro atoms. The maximum absolute atomic E-state index is 13.8. The molecule has 0 heterocycles. The molecular formula is C28H43N3O5S. The van der Waals surface area contributed by atoms with Crippen LogP contribution in [0.1, 0.15) is 62.6 Å². The minimum Gasteiger partial charge on any atom is -0.497 e. The van der Waals surface area contributed by atoms with Gasteiger partial charge in [0.05, 0.1) is 7.11 Å². The fraction of sp³-hybridized carbons (Fsp3) is 0.536. The van der Waals surface area contributed by atoms with E-state index in [1.54, 1.807) is 7.11 Å². The van der Waals surface area contributed by atoms with Crippen LogP contribution in [0.25, 0.3) is 0 Å². The molecule has 8 nitrogen and oxygen atoms in total. The predicted octanol–water partition coefficient (Wildman–Crippen LogP) is 3.94. The molecule has 0 aromatic heterocycles. The second kappa shape index (κ2) is 15.1. The highest BCUT2D eigenvalue weighted by molar-refractivity contribution is 7.89. The van der Waals surface area contributed by atoms with Crippen LogP contribution in [0.4, 0.5) is 0 Å². The van der Waals surface area contributed by atoms with E-state index in [1.165, 1.54) is 4.31 Å². The van der Waals surface area contributed by atoms with Gasteiger partial charge in [-0.05, 0) is 55.4 Å². The Morgan fingerprint density at radius 3 is 2.38 bits per heavy atom. The summed E-state index contributed by atoms with van der Waals surface area (Å²) in [7, 11) is -2.25. The van der Waals surface area contributed by atoms with Crippen LogP contribution in [0.15, 0.2) is 48.5 Å². The first-order valence-corrected chi connectivity index (χ1v) is 14.5. The first-order chi connectivity index (χ1) is 17.6. The average Bonchev–Trinajstić information content (AvgIpc) is 2.89. The van der Waals surface area contributed by atoms with E-state index in [-0.39, 0.29) is 19.1 Å². The van der Waals surface area contributed by atoms with Crippen molar-refractivity contribution in [3.05, 3.63) is 65.2 Å². The molecule has 3 N–H and O–H groups in total. The van der Waals surface area contributed by atoms with Gasteiger partial charge in [-0.1, -0.05) is 62.7 Å². The van der Waals surface area contributed by atoms with Crippen LogP contribution < -0.4 is 15.8 Å². The molecule has 0 amide bonds. The monoisotopic (exact) mass is 533 g/mol. The third-order valence-corrected chi connectivity index (χ3v) is 8.67. The van der Waals surface area contributed by atoms with Crippen molar-refractivity contribution >= 4 is 16.0 Å². The van der Waals surface area contributed by atoms with Gasteiger partial charge in [-0.3, -0.25) is 10.1 Å². The highest BCUT2D eigenvalue weighted by Gasteiger charge is 2.40. The third-order valence-electron chi connectivity index (χ3n) is 6.34. The van der Waals surface area contributed by atoms with E-state index in [9.17, 15) is 13.2 Å². The quantitative estimate of drug-likeness (QED) is 0.191. The summed E-state index contributed by atoms with van der Waals surface area (Å²) in [6.45, 7) is 8.97. The summed E-state index contributed by atoms with van der Waals surface area (Å²) >= 11 is 0. The van der Waals surface area contributed by atoms with Crippen LogP contribution in [0.2, 0.25) is 0 Å². The van der Waals surface area contributed by atoms with Crippen LogP contribution in [0.5, 0.6) is 5.75 Å². The van der Waals surface area contributed by atoms with Crippen molar-refractivity contribution in [2.75, 3.05) is 26.9 Å². The zero-order valence-electron chi connectivity index (χ0n) is 22.8. The van der Waals surface area contributed by atoms with Crippen LogP contribution >= 0.6 is 0 Å². The number of sulfonamides is 1. The molecule has 0 aliphatic rings. The molecule has 206 valence electrons. The van der Waals surface area contributed by atoms with Crippen molar-refractivity contribution in [1.29, 1.82) is 0 Å². The van der Waals surface area contributed by atoms with Gasteiger partial charge >= 0.3 is 5.97 Å². The summed E-state index contributed by atoms with van der Waals surface area (Å²) in [5.74, 6) is -0.122. The van der Waals surface area contributed by atoms with Crippen molar-refractivity contribution < 1.29 is 22.7 Å². The number of carbonyl (C=O) groups is 1. The zero-order chi connectivity index (χ0) is 27.4. The van der Waals surface area contributed by atoms with Gasteiger partial charge in [0.1, 0.15) is 23.8 Å². The molecule has 0 saturated carbocycles. The summed E-state index contributed by atoms with van der Waals surface area (Å²) in [6.07, 6.45) is 1.56. The van der Waals surface area contributed by atoms with Gasteiger partial charge in [0.25, 0.3) is 0 Å². The number of rotatable bonds is 16. The van der Waals surface area contributed by atoms with Gasteiger partial charge < -0.3 is 15.2 Å². The van der Waals surface area contributed by atoms with Gasteiger partial charge in [-0.25, -0.2) is 12.7 Å². The Balaban J connectivity index is 2.16. The number of esters is 1. The first kappa shape index (κ1) is 30.8. The number of nitrogens with one attached hydrogen (secondary N) is 1. The summed E-state index contributed by atoms with van der Waals surface area (Å²) in [4.78, 5) is 13.0. The van der Waals surface area contributed by atoms with Crippen LogP contribution in [0, 0.1) is 6.92 Å². The van der Waals surface area contributed by atoms with Gasteiger partial charge in [0.2, 0.25) is 10.0 Å². The first-order valence-electron chi connectivity index (χ1n) is 12.9. The molecule has 0 aliphatic heterocycles. The van der Waals surface area contributed by atoms with Crippen LogP contribution in [-0.4, -0.2) is 56.9 Å². The fourth-order valence-electron chi connectivity index (χ4n) is 4.32. The number of nitrogens with two attached hydrogens (primary N) is 1. The van der Waals surface area contributed by atoms with E-state index >= 15 is 0 Å². The standard InChI is InChI=1S/C28H43N3O5S/c1-6-14-31(15-7-2)37(33,34)26(17-22(4)24-12-8-10-21(3)16-24)27(29)28(32)36-20-30-19-23-11-9-13-25(18-23)35-5/h8-13,16,18,22,26-27,30H,6-7,14-15,17,19-20,29H2,1-5H3/t22-,26?,27?/m0/s1. The average molecular weight is 534 g/mol. The molecule has 9 heteroatoms. The smallest absolute Gasteiger partial charge is 0.325 e. The van der Waals surface area contributed by atoms with Crippen molar-refractivity contribution in [2.24, 2.45) is 5.73 Å². The normalized spacial score (nSPS) is 14.2. The Labute approximate surface area is 222 Å². The van der Waals surface area contributed by atoms with Crippen molar-refractivity contribution in [3.63, 3.8) is 0 Å². The van der Waals surface area contributed by atoms with E-state index in [1.807, 2.05) is 76.2 Å². The summed E-state index contributed by atoms with van der Waals surface area (Å²) in [6, 6.07) is 14.2. The molecule has 2 aromatic rings. The minimum atomic E-state index is -3.85. The number of carbonyl (C=O) groups excluding carboxylic acids is 1. The highest BCUT2D eigenvalue weighted by Crippen LogP contribution is 2.28. The molecule has 0 fully saturated rings. The molecule has 3 atom stereocenters. The number of methoxy groups -OCH3 is 1. The lowest BCUT2D eigenvalue weighted by Crippen LogP contribution is -2.53. The summed E-state index contributed by atoms with van der Waals surface area (Å²) in [5.41, 5.74) is 9.40. The number of nitrogens with zero attached hydrogens (tertiary/aromatic N) is 1. The molecular weight excluding hydrogens is 490 g/mol. The largest absolute Gasteiger partial charge is 0.497 e. The number of benzene rings is 2. The number of hydrogen-bond acceptors (Lipinski definition) is 7. The van der Waals surface area contributed by atoms with Crippen molar-refractivity contribution in [1.82, 2.24) is 9.62 Å². The molecule has 2 unspecified atom stereocenters. The van der Waals surface area contributed by atoms with E-state index in [0.29, 0.717) is 32.5 Å². The fourth-order valence-corrected chi connectivity index (χ4v) is 6.59. The number of ether oxygens (including phenoxy) is 2. The van der Waals surface area contributed by atoms with E-state index in [2.05, 4.69) is 5.32 Å². The Morgan fingerprint density at radius 2 is 1.76 bits per heavy atom. The molecule has 0 saturated heterocycles. The molecule has 2 rings (SSSR count). The Bertz CT molecular complexity index is 1090. The molecule has 0 radical (unpaired) electrons. The number of hydrogen-bond donors (Lipinski definition) is 2.